The highest BCUT2D eigenvalue weighted by atomic mass is 16.6. The second kappa shape index (κ2) is 7.40. The first-order chi connectivity index (χ1) is 9.83. The van der Waals surface area contributed by atoms with Crippen LogP contribution in [0.5, 0.6) is 0 Å². The summed E-state index contributed by atoms with van der Waals surface area (Å²) in [5.41, 5.74) is 2.55. The van der Waals surface area contributed by atoms with Gasteiger partial charge in [-0.05, 0) is 12.5 Å². The van der Waals surface area contributed by atoms with Crippen molar-refractivity contribution >= 4 is 5.71 Å². The van der Waals surface area contributed by atoms with Gasteiger partial charge in [-0.15, -0.1) is 0 Å². The van der Waals surface area contributed by atoms with Gasteiger partial charge in [-0.2, -0.15) is 0 Å². The van der Waals surface area contributed by atoms with Gasteiger partial charge in [-0.25, -0.2) is 0 Å². The zero-order valence-corrected chi connectivity index (χ0v) is 11.6. The molecule has 0 spiro atoms. The monoisotopic (exact) mass is 275 g/mol. The van der Waals surface area contributed by atoms with Crippen molar-refractivity contribution in [1.82, 2.24) is 10.1 Å². The summed E-state index contributed by atoms with van der Waals surface area (Å²) in [6, 6.07) is 5.54. The molecule has 0 aliphatic heterocycles. The first-order valence-electron chi connectivity index (χ1n) is 6.36. The maximum Gasteiger partial charge on any atom is 0.185 e. The van der Waals surface area contributed by atoms with Crippen molar-refractivity contribution in [2.45, 2.75) is 20.0 Å². The summed E-state index contributed by atoms with van der Waals surface area (Å²) in [5, 5.41) is 7.68. The fourth-order valence-electron chi connectivity index (χ4n) is 1.56. The molecule has 6 heteroatoms. The molecule has 2 rings (SSSR count). The summed E-state index contributed by atoms with van der Waals surface area (Å²) in [6.07, 6.45) is 4.12. The fourth-order valence-corrected chi connectivity index (χ4v) is 1.56. The molecule has 20 heavy (non-hydrogen) atoms. The molecule has 0 bridgehead atoms. The lowest BCUT2D eigenvalue weighted by Crippen LogP contribution is -2.06. The number of rotatable bonds is 7. The van der Waals surface area contributed by atoms with Crippen LogP contribution in [0, 0.1) is 0 Å². The van der Waals surface area contributed by atoms with E-state index in [1.807, 2.05) is 19.1 Å². The molecule has 2 aromatic heterocycles. The summed E-state index contributed by atoms with van der Waals surface area (Å²) < 4.78 is 10.0. The van der Waals surface area contributed by atoms with E-state index >= 15 is 0 Å². The Morgan fingerprint density at radius 1 is 1.35 bits per heavy atom. The van der Waals surface area contributed by atoms with E-state index in [1.165, 1.54) is 0 Å². The van der Waals surface area contributed by atoms with Crippen LogP contribution in [0.4, 0.5) is 0 Å². The molecule has 0 saturated carbocycles. The van der Waals surface area contributed by atoms with Gasteiger partial charge in [0.2, 0.25) is 0 Å². The van der Waals surface area contributed by atoms with E-state index in [2.05, 4.69) is 15.3 Å². The van der Waals surface area contributed by atoms with E-state index in [0.29, 0.717) is 19.0 Å². The maximum atomic E-state index is 5.29. The van der Waals surface area contributed by atoms with Crippen molar-refractivity contribution in [3.8, 4) is 11.5 Å². The standard InChI is InChI=1S/C14H17N3O3/c1-3-12(10-18-2)17-19-9-11-4-5-13(15-8-11)14-6-7-16-20-14/h4-8H,3,9-10H2,1-2H3/b17-12-. The Morgan fingerprint density at radius 2 is 2.25 bits per heavy atom. The number of hydrogen-bond acceptors (Lipinski definition) is 6. The number of nitrogens with zero attached hydrogens (tertiary/aromatic N) is 3. The normalized spacial score (nSPS) is 11.6. The van der Waals surface area contributed by atoms with Gasteiger partial charge in [0.15, 0.2) is 5.76 Å². The molecule has 0 aliphatic carbocycles. The summed E-state index contributed by atoms with van der Waals surface area (Å²) in [6.45, 7) is 2.87. The molecule has 0 N–H and O–H groups in total. The van der Waals surface area contributed by atoms with Crippen LogP contribution in [0.15, 0.2) is 40.3 Å². The number of hydrogen-bond donors (Lipinski definition) is 0. The predicted molar refractivity (Wildman–Crippen MR) is 74.1 cm³/mol. The number of aromatic nitrogens is 2. The third kappa shape index (κ3) is 3.89. The molecule has 2 heterocycles. The van der Waals surface area contributed by atoms with E-state index in [-0.39, 0.29) is 0 Å². The Balaban J connectivity index is 1.91. The molecular formula is C14H17N3O3. The Kier molecular flexibility index (Phi) is 5.25. The summed E-state index contributed by atoms with van der Waals surface area (Å²) in [4.78, 5) is 9.58. The lowest BCUT2D eigenvalue weighted by Gasteiger charge is -2.04. The Labute approximate surface area is 117 Å². The van der Waals surface area contributed by atoms with Crippen LogP contribution in [-0.2, 0) is 16.2 Å². The first kappa shape index (κ1) is 14.2. The zero-order chi connectivity index (χ0) is 14.2. The Morgan fingerprint density at radius 3 is 2.85 bits per heavy atom. The average molecular weight is 275 g/mol. The van der Waals surface area contributed by atoms with Crippen LogP contribution >= 0.6 is 0 Å². The van der Waals surface area contributed by atoms with Gasteiger partial charge in [0.1, 0.15) is 12.3 Å². The van der Waals surface area contributed by atoms with E-state index in [4.69, 9.17) is 14.1 Å². The molecule has 0 radical (unpaired) electrons. The molecular weight excluding hydrogens is 258 g/mol. The quantitative estimate of drug-likeness (QED) is 0.574. The summed E-state index contributed by atoms with van der Waals surface area (Å²) in [5.74, 6) is 0.642. The number of oxime groups is 1. The summed E-state index contributed by atoms with van der Waals surface area (Å²) >= 11 is 0. The van der Waals surface area contributed by atoms with Crippen LogP contribution < -0.4 is 0 Å². The molecule has 106 valence electrons. The van der Waals surface area contributed by atoms with Gasteiger partial charge in [-0.3, -0.25) is 4.98 Å². The van der Waals surface area contributed by atoms with Gasteiger partial charge in [0.05, 0.1) is 18.5 Å². The van der Waals surface area contributed by atoms with E-state index in [1.54, 1.807) is 25.6 Å². The third-order valence-corrected chi connectivity index (χ3v) is 2.66. The molecule has 0 fully saturated rings. The molecule has 2 aromatic rings. The van der Waals surface area contributed by atoms with Gasteiger partial charge in [0.25, 0.3) is 0 Å². The van der Waals surface area contributed by atoms with Gasteiger partial charge in [0, 0.05) is 24.9 Å². The van der Waals surface area contributed by atoms with Crippen molar-refractivity contribution < 1.29 is 14.1 Å². The van der Waals surface area contributed by atoms with Gasteiger partial charge in [-0.1, -0.05) is 23.3 Å². The third-order valence-electron chi connectivity index (χ3n) is 2.66. The van der Waals surface area contributed by atoms with Crippen molar-refractivity contribution in [3.05, 3.63) is 36.2 Å². The van der Waals surface area contributed by atoms with E-state index in [9.17, 15) is 0 Å². The van der Waals surface area contributed by atoms with Crippen molar-refractivity contribution in [1.29, 1.82) is 0 Å². The van der Waals surface area contributed by atoms with Gasteiger partial charge >= 0.3 is 0 Å². The van der Waals surface area contributed by atoms with Gasteiger partial charge < -0.3 is 14.1 Å². The molecule has 0 aliphatic rings. The lowest BCUT2D eigenvalue weighted by atomic mass is 10.2. The van der Waals surface area contributed by atoms with Crippen molar-refractivity contribution in [3.63, 3.8) is 0 Å². The van der Waals surface area contributed by atoms with Crippen molar-refractivity contribution in [2.75, 3.05) is 13.7 Å². The highest BCUT2D eigenvalue weighted by molar-refractivity contribution is 5.84. The Hall–Kier alpha value is -2.21. The molecule has 6 nitrogen and oxygen atoms in total. The van der Waals surface area contributed by atoms with Crippen LogP contribution in [0.2, 0.25) is 0 Å². The second-order valence-electron chi connectivity index (χ2n) is 4.15. The number of pyridine rings is 1. The molecule has 0 unspecified atom stereocenters. The lowest BCUT2D eigenvalue weighted by molar-refractivity contribution is 0.126. The molecule has 0 aromatic carbocycles. The van der Waals surface area contributed by atoms with E-state index < -0.39 is 0 Å². The first-order valence-corrected chi connectivity index (χ1v) is 6.36. The highest BCUT2D eigenvalue weighted by Gasteiger charge is 2.03. The fraction of sp³-hybridized carbons (Fsp3) is 0.357. The topological polar surface area (TPSA) is 69.7 Å². The minimum atomic E-state index is 0.372. The highest BCUT2D eigenvalue weighted by Crippen LogP contribution is 2.15. The van der Waals surface area contributed by atoms with E-state index in [0.717, 1.165) is 23.4 Å². The SMILES string of the molecule is CC/C(COC)=N/OCc1ccc(-c2ccno2)nc1. The minimum absolute atomic E-state index is 0.372. The molecule has 0 atom stereocenters. The maximum absolute atomic E-state index is 5.29. The van der Waals surface area contributed by atoms with Crippen molar-refractivity contribution in [2.24, 2.45) is 5.16 Å². The molecule has 0 amide bonds. The smallest absolute Gasteiger partial charge is 0.185 e. The zero-order valence-electron chi connectivity index (χ0n) is 11.6. The Bertz CT molecular complexity index is 535. The minimum Gasteiger partial charge on any atom is -0.391 e. The largest absolute Gasteiger partial charge is 0.391 e. The molecule has 0 saturated heterocycles. The van der Waals surface area contributed by atoms with Crippen LogP contribution in [0.3, 0.4) is 0 Å². The average Bonchev–Trinajstić information content (AvgIpc) is 3.01. The van der Waals surface area contributed by atoms with Crippen LogP contribution in [0.1, 0.15) is 18.9 Å². The predicted octanol–water partition coefficient (Wildman–Crippen LogP) is 2.67. The van der Waals surface area contributed by atoms with Crippen LogP contribution in [-0.4, -0.2) is 29.6 Å². The number of methoxy groups -OCH3 is 1. The number of ether oxygens (including phenoxy) is 1. The second-order valence-corrected chi connectivity index (χ2v) is 4.15. The summed E-state index contributed by atoms with van der Waals surface area (Å²) in [7, 11) is 1.64. The van der Waals surface area contributed by atoms with Crippen LogP contribution in [0.25, 0.3) is 11.5 Å².